The van der Waals surface area contributed by atoms with Crippen LogP contribution in [0.5, 0.6) is 0 Å². The number of para-hydroxylation sites is 1. The normalized spacial score (nSPS) is 13.9. The number of aromatic nitrogens is 2. The van der Waals surface area contributed by atoms with E-state index in [0.29, 0.717) is 17.6 Å². The van der Waals surface area contributed by atoms with Crippen LogP contribution in [-0.2, 0) is 21.5 Å². The first-order chi connectivity index (χ1) is 22.5. The molecule has 7 rings (SSSR count). The number of hydrogen-bond donors (Lipinski definition) is 1. The first-order valence-electron chi connectivity index (χ1n) is 15.5. The summed E-state index contributed by atoms with van der Waals surface area (Å²) in [5.41, 5.74) is 4.11. The predicted octanol–water partition coefficient (Wildman–Crippen LogP) is 6.93. The summed E-state index contributed by atoms with van der Waals surface area (Å²) < 4.78 is 23.6. The number of fused-ring (bicyclic) bond motifs is 1. The topological polar surface area (TPSA) is 65.3 Å². The number of imidazole rings is 1. The zero-order valence-corrected chi connectivity index (χ0v) is 25.5. The van der Waals surface area contributed by atoms with Gasteiger partial charge in [0.1, 0.15) is 17.4 Å². The number of halogens is 1. The largest absolute Gasteiger partial charge is 0.468 e. The van der Waals surface area contributed by atoms with Crippen molar-refractivity contribution in [1.82, 2.24) is 14.5 Å². The molecule has 1 aliphatic rings. The molecule has 0 amide bonds. The number of nitrogens with zero attached hydrogens (tertiary/aromatic N) is 2. The number of esters is 1. The van der Waals surface area contributed by atoms with Crippen LogP contribution < -0.4 is 11.0 Å². The number of benzene rings is 5. The van der Waals surface area contributed by atoms with Gasteiger partial charge in [-0.2, -0.15) is 0 Å². The van der Waals surface area contributed by atoms with E-state index in [1.54, 1.807) is 16.7 Å². The Bertz CT molecular complexity index is 1940. The van der Waals surface area contributed by atoms with E-state index in [9.17, 15) is 9.59 Å². The minimum absolute atomic E-state index is 0.100. The summed E-state index contributed by atoms with van der Waals surface area (Å²) >= 11 is 0. The van der Waals surface area contributed by atoms with Gasteiger partial charge >= 0.3 is 11.7 Å². The molecular formula is C39H34FN3O3. The molecule has 7 heteroatoms. The minimum atomic E-state index is -0.877. The first kappa shape index (κ1) is 29.4. The Morgan fingerprint density at radius 1 is 0.804 bits per heavy atom. The van der Waals surface area contributed by atoms with E-state index >= 15 is 4.39 Å². The number of methoxy groups -OCH3 is 1. The maximum Gasteiger partial charge on any atom is 0.334 e. The van der Waals surface area contributed by atoms with Crippen molar-refractivity contribution in [2.75, 3.05) is 7.11 Å². The summed E-state index contributed by atoms with van der Waals surface area (Å²) in [5.74, 6) is -0.839. The third kappa shape index (κ3) is 5.22. The van der Waals surface area contributed by atoms with Crippen LogP contribution in [0.3, 0.4) is 0 Å². The molecule has 1 aliphatic carbocycles. The van der Waals surface area contributed by atoms with Crippen molar-refractivity contribution in [3.8, 4) is 5.69 Å². The molecule has 0 saturated heterocycles. The van der Waals surface area contributed by atoms with Crippen molar-refractivity contribution in [3.05, 3.63) is 172 Å². The van der Waals surface area contributed by atoms with Crippen LogP contribution >= 0.6 is 0 Å². The van der Waals surface area contributed by atoms with E-state index in [1.165, 1.54) is 17.7 Å². The standard InChI is InChI=1S/C39H34FN3O3/c1-46-37(44)34(41-39(28-12-5-2-6-13-28,29-14-7-3-8-15-29)30-16-9-4-10-17-30)26-27-20-22-32(23-21-27)43-36-33(40)18-11-19-35(36)42(38(43)45)31-24-25-31/h2-23,31,34,41H,24-26H2,1H3/t34-/m0/s1. The van der Waals surface area contributed by atoms with Crippen molar-refractivity contribution in [2.24, 2.45) is 0 Å². The molecule has 1 heterocycles. The number of carbonyl (C=O) groups excluding carboxylic acids is 1. The molecule has 1 saturated carbocycles. The van der Waals surface area contributed by atoms with E-state index in [-0.39, 0.29) is 17.2 Å². The summed E-state index contributed by atoms with van der Waals surface area (Å²) in [6, 6.07) is 41.8. The van der Waals surface area contributed by atoms with Crippen LogP contribution in [-0.4, -0.2) is 28.3 Å². The molecule has 1 fully saturated rings. The summed E-state index contributed by atoms with van der Waals surface area (Å²) in [5, 5.41) is 3.74. The third-order valence-corrected chi connectivity index (χ3v) is 8.89. The fourth-order valence-corrected chi connectivity index (χ4v) is 6.58. The van der Waals surface area contributed by atoms with Crippen LogP contribution in [0, 0.1) is 5.82 Å². The Hall–Kier alpha value is -5.27. The molecule has 1 aromatic heterocycles. The molecule has 0 bridgehead atoms. The maximum atomic E-state index is 15.1. The first-order valence-corrected chi connectivity index (χ1v) is 15.5. The highest BCUT2D eigenvalue weighted by molar-refractivity contribution is 5.79. The summed E-state index contributed by atoms with van der Waals surface area (Å²) in [4.78, 5) is 27.1. The fourth-order valence-electron chi connectivity index (χ4n) is 6.58. The second kappa shape index (κ2) is 12.3. The minimum Gasteiger partial charge on any atom is -0.468 e. The smallest absolute Gasteiger partial charge is 0.334 e. The van der Waals surface area contributed by atoms with E-state index in [0.717, 1.165) is 35.1 Å². The predicted molar refractivity (Wildman–Crippen MR) is 178 cm³/mol. The van der Waals surface area contributed by atoms with Crippen LogP contribution in [0.25, 0.3) is 16.7 Å². The lowest BCUT2D eigenvalue weighted by molar-refractivity contribution is -0.143. The Balaban J connectivity index is 1.29. The highest BCUT2D eigenvalue weighted by atomic mass is 19.1. The maximum absolute atomic E-state index is 15.1. The number of rotatable bonds is 10. The highest BCUT2D eigenvalue weighted by Crippen LogP contribution is 2.38. The SMILES string of the molecule is COC(=O)[C@H](Cc1ccc(-n2c(=O)n(C3CC3)c3cccc(F)c32)cc1)NC(c1ccccc1)(c1ccccc1)c1ccccc1. The monoisotopic (exact) mass is 611 g/mol. The summed E-state index contributed by atoms with van der Waals surface area (Å²) in [7, 11) is 1.39. The van der Waals surface area contributed by atoms with E-state index in [2.05, 4.69) is 41.7 Å². The van der Waals surface area contributed by atoms with Crippen LogP contribution in [0.15, 0.2) is 138 Å². The second-order valence-corrected chi connectivity index (χ2v) is 11.8. The van der Waals surface area contributed by atoms with Crippen molar-refractivity contribution < 1.29 is 13.9 Å². The molecule has 0 radical (unpaired) electrons. The van der Waals surface area contributed by atoms with Gasteiger partial charge < -0.3 is 4.74 Å². The van der Waals surface area contributed by atoms with Gasteiger partial charge in [-0.15, -0.1) is 0 Å². The number of hydrogen-bond acceptors (Lipinski definition) is 4. The molecule has 0 aliphatic heterocycles. The Labute approximate surface area is 266 Å². The molecule has 6 nitrogen and oxygen atoms in total. The van der Waals surface area contributed by atoms with Gasteiger partial charge in [0.05, 0.1) is 23.9 Å². The Morgan fingerprint density at radius 3 is 1.85 bits per heavy atom. The summed E-state index contributed by atoms with van der Waals surface area (Å²) in [6.45, 7) is 0. The lowest BCUT2D eigenvalue weighted by atomic mass is 9.76. The Morgan fingerprint density at radius 2 is 1.35 bits per heavy atom. The fraction of sp³-hybridized carbons (Fsp3) is 0.179. The van der Waals surface area contributed by atoms with Crippen molar-refractivity contribution in [2.45, 2.75) is 36.9 Å². The molecule has 0 spiro atoms. The van der Waals surface area contributed by atoms with Crippen LogP contribution in [0.1, 0.15) is 41.1 Å². The molecule has 230 valence electrons. The van der Waals surface area contributed by atoms with Gasteiger partial charge in [0.25, 0.3) is 0 Å². The third-order valence-electron chi connectivity index (χ3n) is 8.89. The quantitative estimate of drug-likeness (QED) is 0.135. The molecular weight excluding hydrogens is 577 g/mol. The zero-order valence-electron chi connectivity index (χ0n) is 25.5. The molecule has 5 aromatic carbocycles. The highest BCUT2D eigenvalue weighted by Gasteiger charge is 2.40. The van der Waals surface area contributed by atoms with Crippen molar-refractivity contribution >= 4 is 17.0 Å². The van der Waals surface area contributed by atoms with Gasteiger partial charge in [-0.05, 0) is 65.8 Å². The van der Waals surface area contributed by atoms with Gasteiger partial charge in [0.15, 0.2) is 0 Å². The van der Waals surface area contributed by atoms with Gasteiger partial charge in [0, 0.05) is 6.04 Å². The number of nitrogens with one attached hydrogen (secondary N) is 1. The molecule has 1 atom stereocenters. The molecule has 1 N–H and O–H groups in total. The Kier molecular flexibility index (Phi) is 7.84. The van der Waals surface area contributed by atoms with Gasteiger partial charge in [-0.1, -0.05) is 109 Å². The van der Waals surface area contributed by atoms with Gasteiger partial charge in [-0.25, -0.2) is 9.18 Å². The van der Waals surface area contributed by atoms with Crippen molar-refractivity contribution in [3.63, 3.8) is 0 Å². The van der Waals surface area contributed by atoms with Crippen LogP contribution in [0.2, 0.25) is 0 Å². The molecule has 0 unspecified atom stereocenters. The van der Waals surface area contributed by atoms with Gasteiger partial charge in [0.2, 0.25) is 0 Å². The zero-order chi connectivity index (χ0) is 31.7. The lowest BCUT2D eigenvalue weighted by Crippen LogP contribution is -2.53. The van der Waals surface area contributed by atoms with E-state index in [4.69, 9.17) is 4.74 Å². The van der Waals surface area contributed by atoms with Crippen LogP contribution in [0.4, 0.5) is 4.39 Å². The average Bonchev–Trinajstić information content (AvgIpc) is 3.90. The molecule has 46 heavy (non-hydrogen) atoms. The average molecular weight is 612 g/mol. The number of carbonyl (C=O) groups is 1. The van der Waals surface area contributed by atoms with Gasteiger partial charge in [-0.3, -0.25) is 19.2 Å². The van der Waals surface area contributed by atoms with E-state index < -0.39 is 23.4 Å². The second-order valence-electron chi connectivity index (χ2n) is 11.8. The summed E-state index contributed by atoms with van der Waals surface area (Å²) in [6.07, 6.45) is 2.13. The number of ether oxygens (including phenoxy) is 1. The lowest BCUT2D eigenvalue weighted by Gasteiger charge is -2.39. The van der Waals surface area contributed by atoms with E-state index in [1.807, 2.05) is 78.9 Å². The van der Waals surface area contributed by atoms with Crippen molar-refractivity contribution in [1.29, 1.82) is 0 Å². The molecule has 6 aromatic rings.